The summed E-state index contributed by atoms with van der Waals surface area (Å²) in [5.74, 6) is 0. The molecule has 0 radical (unpaired) electrons. The van der Waals surface area contributed by atoms with Crippen LogP contribution in [0.15, 0.2) is 32.7 Å². The monoisotopic (exact) mass is 540 g/mol. The Kier molecular flexibility index (Phi) is 14.3. The molecule has 11 heteroatoms. The number of nitrogens with one attached hydrogen (secondary N) is 1. The molecular formula is C12H16Cl4N3RuS3. The van der Waals surface area contributed by atoms with Crippen molar-refractivity contribution >= 4 is 72.8 Å². The molecule has 3 nitrogen and oxygen atoms in total. The molecule has 0 fully saturated rings. The Morgan fingerprint density at radius 1 is 0.826 bits per heavy atom. The maximum atomic E-state index is 5.00. The van der Waals surface area contributed by atoms with Crippen LogP contribution in [0.2, 0.25) is 0 Å². The molecule has 0 saturated heterocycles. The fourth-order valence-electron chi connectivity index (χ4n) is 0.843. The zero-order chi connectivity index (χ0) is 17.7. The summed E-state index contributed by atoms with van der Waals surface area (Å²) in [4.78, 5) is 10.9. The molecule has 0 bridgehead atoms. The van der Waals surface area contributed by atoms with E-state index >= 15 is 0 Å². The third kappa shape index (κ3) is 20.6. The van der Waals surface area contributed by atoms with Crippen LogP contribution >= 0.6 is 72.8 Å². The van der Waals surface area contributed by atoms with Crippen molar-refractivity contribution in [1.29, 1.82) is 0 Å². The van der Waals surface area contributed by atoms with E-state index in [1.54, 1.807) is 34.0 Å². The summed E-state index contributed by atoms with van der Waals surface area (Å²) >= 11 is 4.94. The Labute approximate surface area is 167 Å². The van der Waals surface area contributed by atoms with Crippen LogP contribution in [0.25, 0.3) is 0 Å². The number of halogens is 4. The first-order valence-electron chi connectivity index (χ1n) is 5.82. The minimum absolute atomic E-state index is 1.11. The predicted molar refractivity (Wildman–Crippen MR) is 103 cm³/mol. The van der Waals surface area contributed by atoms with Gasteiger partial charge >= 0.3 is 49.6 Å². The molecule has 0 aliphatic carbocycles. The van der Waals surface area contributed by atoms with Crippen LogP contribution in [0.3, 0.4) is 0 Å². The van der Waals surface area contributed by atoms with Crippen LogP contribution < -0.4 is 4.98 Å². The third-order valence-corrected chi connectivity index (χ3v) is 3.86. The number of thiazole rings is 3. The van der Waals surface area contributed by atoms with Crippen molar-refractivity contribution in [2.45, 2.75) is 20.8 Å². The third-order valence-electron chi connectivity index (χ3n) is 1.71. The van der Waals surface area contributed by atoms with Gasteiger partial charge in [0.2, 0.25) is 5.51 Å². The van der Waals surface area contributed by atoms with Crippen LogP contribution in [0.1, 0.15) is 17.1 Å². The maximum absolute atomic E-state index is 5.00. The van der Waals surface area contributed by atoms with Gasteiger partial charge in [0.1, 0.15) is 0 Å². The normalized spacial score (nSPS) is 10.2. The van der Waals surface area contributed by atoms with Gasteiger partial charge in [0.05, 0.1) is 16.4 Å². The standard InChI is InChI=1S/3C4H5NS.4ClH.Ru/c3*1-4-2-6-3-5-4;;;;;/h3*2-3H,1H3;4*1H;/q;;;;;;;+3/p-3. The first kappa shape index (κ1) is 23.7. The number of aryl methyl sites for hydroxylation is 3. The van der Waals surface area contributed by atoms with E-state index in [1.807, 2.05) is 48.1 Å². The second-order valence-corrected chi connectivity index (χ2v) is 21.8. The second kappa shape index (κ2) is 13.9. The van der Waals surface area contributed by atoms with Gasteiger partial charge in [0.15, 0.2) is 5.69 Å². The number of nitrogens with zero attached hydrogens (tertiary/aromatic N) is 2. The molecule has 0 unspecified atom stereocenters. The number of hydrogen-bond donors (Lipinski definition) is 0. The molecule has 3 aromatic rings. The summed E-state index contributed by atoms with van der Waals surface area (Å²) in [6.45, 7) is 6.00. The molecule has 0 amide bonds. The molecule has 3 aromatic heterocycles. The van der Waals surface area contributed by atoms with Crippen LogP contribution in [-0.2, 0) is 10.8 Å². The Hall–Kier alpha value is 0.673. The van der Waals surface area contributed by atoms with Crippen molar-refractivity contribution in [3.8, 4) is 0 Å². The first-order chi connectivity index (χ1) is 10.7. The second-order valence-electron chi connectivity index (χ2n) is 3.76. The van der Waals surface area contributed by atoms with Crippen LogP contribution in [0.4, 0.5) is 0 Å². The average Bonchev–Trinajstić information content (AvgIpc) is 3.14. The molecule has 0 saturated carbocycles. The van der Waals surface area contributed by atoms with Gasteiger partial charge in [0.25, 0.3) is 0 Å². The number of aromatic nitrogens is 3. The molecule has 3 rings (SSSR count). The Morgan fingerprint density at radius 2 is 1.26 bits per heavy atom. The van der Waals surface area contributed by atoms with Crippen LogP contribution in [0.5, 0.6) is 0 Å². The van der Waals surface area contributed by atoms with E-state index in [1.165, 1.54) is 5.69 Å². The summed E-state index contributed by atoms with van der Waals surface area (Å²) in [6, 6.07) is 0. The Morgan fingerprint density at radius 3 is 1.35 bits per heavy atom. The molecule has 1 N–H and O–H groups in total. The van der Waals surface area contributed by atoms with E-state index in [-0.39, 0.29) is 0 Å². The minimum atomic E-state index is -2.97. The predicted octanol–water partition coefficient (Wildman–Crippen LogP) is 6.53. The van der Waals surface area contributed by atoms with E-state index < -0.39 is 10.8 Å². The summed E-state index contributed by atoms with van der Waals surface area (Å²) in [6.07, 6.45) is 0. The fourth-order valence-corrected chi connectivity index (χ4v) is 2.53. The van der Waals surface area contributed by atoms with Crippen molar-refractivity contribution in [2.24, 2.45) is 0 Å². The summed E-state index contributed by atoms with van der Waals surface area (Å²) < 4.78 is 0. The van der Waals surface area contributed by atoms with Gasteiger partial charge in [-0.1, -0.05) is 11.3 Å². The zero-order valence-corrected chi connectivity index (χ0v) is 19.7. The van der Waals surface area contributed by atoms with E-state index in [4.69, 9.17) is 38.8 Å². The van der Waals surface area contributed by atoms with Gasteiger partial charge < -0.3 is 0 Å². The molecule has 3 heterocycles. The topological polar surface area (TPSA) is 39.9 Å². The van der Waals surface area contributed by atoms with Crippen molar-refractivity contribution < 1.29 is 15.8 Å². The summed E-state index contributed by atoms with van der Waals surface area (Å²) in [5.41, 5.74) is 9.07. The van der Waals surface area contributed by atoms with E-state index in [0.717, 1.165) is 11.4 Å². The van der Waals surface area contributed by atoms with Gasteiger partial charge in [-0.05, 0) is 13.8 Å². The summed E-state index contributed by atoms with van der Waals surface area (Å²) in [5, 5.41) is 6.10. The van der Waals surface area contributed by atoms with E-state index in [9.17, 15) is 0 Å². The van der Waals surface area contributed by atoms with Gasteiger partial charge in [-0.25, -0.2) is 4.98 Å². The molecule has 0 aliphatic heterocycles. The SMILES string of the molecule is Cc1csc[nH+]1.Cc1cscn1.Cc1cscn1.[Cl][Ru-]([Cl])([Cl])[Cl]. The Bertz CT molecular complexity index is 501. The molecule has 0 aromatic carbocycles. The fraction of sp³-hybridized carbons (Fsp3) is 0.250. The van der Waals surface area contributed by atoms with Crippen LogP contribution in [0, 0.1) is 20.8 Å². The number of hydrogen-bond acceptors (Lipinski definition) is 5. The zero-order valence-electron chi connectivity index (χ0n) is 12.4. The molecule has 0 atom stereocenters. The van der Waals surface area contributed by atoms with E-state index in [0.29, 0.717) is 0 Å². The van der Waals surface area contributed by atoms with Gasteiger partial charge in [-0.3, -0.25) is 9.97 Å². The Balaban J connectivity index is 0.000000282. The number of aromatic amines is 1. The molecular weight excluding hydrogens is 525 g/mol. The first-order valence-corrected chi connectivity index (χ1v) is 17.6. The van der Waals surface area contributed by atoms with Crippen molar-refractivity contribution in [1.82, 2.24) is 9.97 Å². The van der Waals surface area contributed by atoms with Gasteiger partial charge in [-0.2, -0.15) is 0 Å². The molecule has 0 aliphatic rings. The number of H-pyrrole nitrogens is 1. The molecule has 133 valence electrons. The van der Waals surface area contributed by atoms with Crippen LogP contribution in [-0.4, -0.2) is 9.97 Å². The van der Waals surface area contributed by atoms with E-state index in [2.05, 4.69) is 20.3 Å². The quantitative estimate of drug-likeness (QED) is 0.304. The van der Waals surface area contributed by atoms with Gasteiger partial charge in [0, 0.05) is 29.1 Å². The molecule has 23 heavy (non-hydrogen) atoms. The molecule has 0 spiro atoms. The summed E-state index contributed by atoms with van der Waals surface area (Å²) in [7, 11) is 17.0. The van der Waals surface area contributed by atoms with Crippen molar-refractivity contribution in [3.05, 3.63) is 49.8 Å². The number of rotatable bonds is 0. The van der Waals surface area contributed by atoms with Crippen molar-refractivity contribution in [2.75, 3.05) is 0 Å². The average molecular weight is 541 g/mol. The van der Waals surface area contributed by atoms with Crippen molar-refractivity contribution in [3.63, 3.8) is 0 Å². The van der Waals surface area contributed by atoms with Gasteiger partial charge in [-0.15, -0.1) is 22.7 Å².